The summed E-state index contributed by atoms with van der Waals surface area (Å²) in [6.45, 7) is 4.32. The van der Waals surface area contributed by atoms with Crippen LogP contribution in [0.3, 0.4) is 0 Å². The summed E-state index contributed by atoms with van der Waals surface area (Å²) in [5.74, 6) is -0.274. The fraction of sp³-hybridized carbons (Fsp3) is 0.385. The molecule has 0 saturated carbocycles. The van der Waals surface area contributed by atoms with Crippen molar-refractivity contribution in [3.63, 3.8) is 0 Å². The molecule has 0 N–H and O–H groups in total. The predicted molar refractivity (Wildman–Crippen MR) is 70.7 cm³/mol. The van der Waals surface area contributed by atoms with E-state index >= 15 is 0 Å². The molecule has 0 aliphatic rings. The highest BCUT2D eigenvalue weighted by Crippen LogP contribution is 2.24. The molecule has 0 aliphatic carbocycles. The topological polar surface area (TPSA) is 39.1 Å². The van der Waals surface area contributed by atoms with Gasteiger partial charge in [-0.2, -0.15) is 0 Å². The van der Waals surface area contributed by atoms with Crippen molar-refractivity contribution in [1.82, 2.24) is 4.57 Å². The summed E-state index contributed by atoms with van der Waals surface area (Å²) < 4.78 is 38.6. The summed E-state index contributed by atoms with van der Waals surface area (Å²) in [6, 6.07) is 4.49. The molecule has 0 spiro atoms. The Morgan fingerprint density at radius 1 is 1.28 bits per heavy atom. The van der Waals surface area contributed by atoms with Crippen LogP contribution in [-0.4, -0.2) is 18.7 Å². The highest BCUT2D eigenvalue weighted by atomic mass is 32.2. The van der Waals surface area contributed by atoms with Gasteiger partial charge in [-0.25, -0.2) is 12.8 Å². The monoisotopic (exact) mass is 269 g/mol. The minimum Gasteiger partial charge on any atom is -0.347 e. The first-order chi connectivity index (χ1) is 8.46. The first kappa shape index (κ1) is 13.1. The van der Waals surface area contributed by atoms with E-state index in [9.17, 15) is 12.8 Å². The lowest BCUT2D eigenvalue weighted by Gasteiger charge is -2.00. The molecule has 3 nitrogen and oxygen atoms in total. The van der Waals surface area contributed by atoms with E-state index in [1.807, 2.05) is 11.5 Å². The summed E-state index contributed by atoms with van der Waals surface area (Å²) in [7, 11) is -3.11. The third kappa shape index (κ3) is 2.41. The maximum absolute atomic E-state index is 13.3. The number of hydrogen-bond donors (Lipinski definition) is 0. The van der Waals surface area contributed by atoms with Crippen LogP contribution in [0, 0.1) is 5.82 Å². The fourth-order valence-electron chi connectivity index (χ4n) is 2.06. The van der Waals surface area contributed by atoms with Crippen LogP contribution in [0.4, 0.5) is 4.39 Å². The van der Waals surface area contributed by atoms with Gasteiger partial charge in [0.05, 0.1) is 5.75 Å². The van der Waals surface area contributed by atoms with Crippen molar-refractivity contribution in [1.29, 1.82) is 0 Å². The Labute approximate surface area is 106 Å². The summed E-state index contributed by atoms with van der Waals surface area (Å²) in [5.41, 5.74) is 1.55. The van der Waals surface area contributed by atoms with Crippen LogP contribution in [0.15, 0.2) is 24.4 Å². The Morgan fingerprint density at radius 3 is 2.61 bits per heavy atom. The molecule has 0 radical (unpaired) electrons. The van der Waals surface area contributed by atoms with E-state index in [1.165, 1.54) is 12.1 Å². The van der Waals surface area contributed by atoms with Gasteiger partial charge in [-0.05, 0) is 30.7 Å². The van der Waals surface area contributed by atoms with E-state index in [0.717, 1.165) is 12.1 Å². The van der Waals surface area contributed by atoms with Gasteiger partial charge >= 0.3 is 0 Å². The van der Waals surface area contributed by atoms with Gasteiger partial charge in [0.1, 0.15) is 5.82 Å². The first-order valence-corrected chi connectivity index (χ1v) is 7.76. The molecule has 0 aliphatic heterocycles. The molecule has 1 aromatic carbocycles. The van der Waals surface area contributed by atoms with Crippen molar-refractivity contribution >= 4 is 20.7 Å². The SMILES string of the molecule is CCn1cc(CS(=O)(=O)CC)c2cc(F)ccc21. The third-order valence-electron chi connectivity index (χ3n) is 3.08. The van der Waals surface area contributed by atoms with Gasteiger partial charge in [-0.1, -0.05) is 6.92 Å². The van der Waals surface area contributed by atoms with Gasteiger partial charge in [0.15, 0.2) is 9.84 Å². The molecule has 0 atom stereocenters. The smallest absolute Gasteiger partial charge is 0.154 e. The van der Waals surface area contributed by atoms with Crippen molar-refractivity contribution in [2.24, 2.45) is 0 Å². The van der Waals surface area contributed by atoms with E-state index in [2.05, 4.69) is 0 Å². The van der Waals surface area contributed by atoms with Crippen LogP contribution in [-0.2, 0) is 22.1 Å². The molecule has 5 heteroatoms. The number of nitrogens with zero attached hydrogens (tertiary/aromatic N) is 1. The van der Waals surface area contributed by atoms with E-state index in [4.69, 9.17) is 0 Å². The molecule has 0 amide bonds. The van der Waals surface area contributed by atoms with Crippen LogP contribution in [0.5, 0.6) is 0 Å². The molecule has 18 heavy (non-hydrogen) atoms. The van der Waals surface area contributed by atoms with Gasteiger partial charge < -0.3 is 4.57 Å². The Bertz CT molecular complexity index is 674. The van der Waals surface area contributed by atoms with Crippen LogP contribution in [0.25, 0.3) is 10.9 Å². The number of halogens is 1. The third-order valence-corrected chi connectivity index (χ3v) is 4.71. The molecule has 2 aromatic rings. The van der Waals surface area contributed by atoms with E-state index in [1.54, 1.807) is 19.2 Å². The molecule has 0 fully saturated rings. The summed E-state index contributed by atoms with van der Waals surface area (Å²) in [5, 5.41) is 0.689. The van der Waals surface area contributed by atoms with Crippen LogP contribution in [0.2, 0.25) is 0 Å². The second-order valence-corrected chi connectivity index (χ2v) is 6.63. The van der Waals surface area contributed by atoms with Crippen molar-refractivity contribution < 1.29 is 12.8 Å². The number of rotatable bonds is 4. The normalized spacial score (nSPS) is 12.2. The van der Waals surface area contributed by atoms with Crippen LogP contribution < -0.4 is 0 Å². The lowest BCUT2D eigenvalue weighted by molar-refractivity contribution is 0.596. The number of aryl methyl sites for hydroxylation is 1. The molecule has 98 valence electrons. The maximum atomic E-state index is 13.3. The minimum absolute atomic E-state index is 0.0313. The first-order valence-electron chi connectivity index (χ1n) is 5.94. The molecule has 1 heterocycles. The highest BCUT2D eigenvalue weighted by Gasteiger charge is 2.15. The number of sulfone groups is 1. The quantitative estimate of drug-likeness (QED) is 0.856. The average molecular weight is 269 g/mol. The van der Waals surface area contributed by atoms with Gasteiger partial charge in [-0.3, -0.25) is 0 Å². The Balaban J connectivity index is 2.60. The van der Waals surface area contributed by atoms with Gasteiger partial charge in [0, 0.05) is 29.4 Å². The number of fused-ring (bicyclic) bond motifs is 1. The van der Waals surface area contributed by atoms with E-state index in [-0.39, 0.29) is 17.3 Å². The average Bonchev–Trinajstić information content (AvgIpc) is 2.66. The maximum Gasteiger partial charge on any atom is 0.154 e. The molecule has 0 saturated heterocycles. The zero-order valence-corrected chi connectivity index (χ0v) is 11.3. The van der Waals surface area contributed by atoms with Crippen LogP contribution >= 0.6 is 0 Å². The molecular weight excluding hydrogens is 253 g/mol. The standard InChI is InChI=1S/C13H16FNO2S/c1-3-15-8-10(9-18(16,17)4-2)12-7-11(14)5-6-13(12)15/h5-8H,3-4,9H2,1-2H3. The highest BCUT2D eigenvalue weighted by molar-refractivity contribution is 7.90. The zero-order chi connectivity index (χ0) is 13.3. The molecule has 0 bridgehead atoms. The van der Waals surface area contributed by atoms with Crippen molar-refractivity contribution in [3.05, 3.63) is 35.8 Å². The lowest BCUT2D eigenvalue weighted by atomic mass is 10.2. The zero-order valence-electron chi connectivity index (χ0n) is 10.5. The lowest BCUT2D eigenvalue weighted by Crippen LogP contribution is -2.06. The Morgan fingerprint density at radius 2 is 2.00 bits per heavy atom. The van der Waals surface area contributed by atoms with E-state index in [0.29, 0.717) is 10.9 Å². The fourth-order valence-corrected chi connectivity index (χ4v) is 2.97. The largest absolute Gasteiger partial charge is 0.347 e. The number of benzene rings is 1. The summed E-state index contributed by atoms with van der Waals surface area (Å²) in [4.78, 5) is 0. The molecule has 2 rings (SSSR count). The molecular formula is C13H16FNO2S. The van der Waals surface area contributed by atoms with Gasteiger partial charge in [0.25, 0.3) is 0 Å². The predicted octanol–water partition coefficient (Wildman–Crippen LogP) is 2.74. The van der Waals surface area contributed by atoms with E-state index < -0.39 is 9.84 Å². The second-order valence-electron chi connectivity index (χ2n) is 4.28. The Hall–Kier alpha value is -1.36. The minimum atomic E-state index is -3.11. The van der Waals surface area contributed by atoms with Crippen molar-refractivity contribution in [2.75, 3.05) is 5.75 Å². The van der Waals surface area contributed by atoms with Gasteiger partial charge in [-0.15, -0.1) is 0 Å². The van der Waals surface area contributed by atoms with Crippen molar-refractivity contribution in [2.45, 2.75) is 26.1 Å². The number of aromatic nitrogens is 1. The molecule has 0 unspecified atom stereocenters. The number of hydrogen-bond acceptors (Lipinski definition) is 2. The summed E-state index contributed by atoms with van der Waals surface area (Å²) >= 11 is 0. The van der Waals surface area contributed by atoms with Gasteiger partial charge in [0.2, 0.25) is 0 Å². The van der Waals surface area contributed by atoms with Crippen LogP contribution in [0.1, 0.15) is 19.4 Å². The second kappa shape index (κ2) is 4.72. The van der Waals surface area contributed by atoms with Crippen molar-refractivity contribution in [3.8, 4) is 0 Å². The summed E-state index contributed by atoms with van der Waals surface area (Å²) in [6.07, 6.45) is 1.80. The molecule has 1 aromatic heterocycles. The Kier molecular flexibility index (Phi) is 3.43.